The topological polar surface area (TPSA) is 38.9 Å². The van der Waals surface area contributed by atoms with E-state index in [1.54, 1.807) is 17.4 Å². The number of anilines is 1. The number of fused-ring (bicyclic) bond motifs is 3. The van der Waals surface area contributed by atoms with Gasteiger partial charge in [-0.1, -0.05) is 41.4 Å². The van der Waals surface area contributed by atoms with Crippen LogP contribution in [0.2, 0.25) is 10.0 Å². The summed E-state index contributed by atoms with van der Waals surface area (Å²) in [5.41, 5.74) is 11.4. The number of halogens is 3. The van der Waals surface area contributed by atoms with E-state index in [1.807, 2.05) is 12.1 Å². The van der Waals surface area contributed by atoms with Crippen molar-refractivity contribution in [3.8, 4) is 22.4 Å². The number of nitrogen functional groups attached to an aromatic ring is 1. The number of rotatable bonds is 1. The molecule has 0 bridgehead atoms. The SMILES string of the molecule is I.Nc1nc2c(s1)Cc1cc(-c3cc(Cl)cc(Cl)c3)ccc1-2. The van der Waals surface area contributed by atoms with Gasteiger partial charge in [0.05, 0.1) is 5.69 Å². The zero-order valence-electron chi connectivity index (χ0n) is 11.3. The summed E-state index contributed by atoms with van der Waals surface area (Å²) in [6.45, 7) is 0. The molecule has 0 radical (unpaired) electrons. The standard InChI is InChI=1S/C16H10Cl2N2S.HI/c17-11-4-9(5-12(18)7-11)8-1-2-13-10(3-8)6-14-15(13)20-16(19)21-14;/h1-5,7H,6H2,(H2,19,20);1H. The van der Waals surface area contributed by atoms with Gasteiger partial charge in [-0.15, -0.1) is 35.3 Å². The summed E-state index contributed by atoms with van der Waals surface area (Å²) in [5, 5.41) is 1.93. The van der Waals surface area contributed by atoms with Gasteiger partial charge < -0.3 is 5.73 Å². The average molecular weight is 461 g/mol. The lowest BCUT2D eigenvalue weighted by atomic mass is 10.00. The first kappa shape index (κ1) is 16.1. The van der Waals surface area contributed by atoms with E-state index in [4.69, 9.17) is 28.9 Å². The predicted octanol–water partition coefficient (Wildman–Crippen LogP) is 5.89. The van der Waals surface area contributed by atoms with Crippen molar-refractivity contribution in [2.45, 2.75) is 6.42 Å². The van der Waals surface area contributed by atoms with E-state index in [2.05, 4.69) is 23.2 Å². The van der Waals surface area contributed by atoms with E-state index < -0.39 is 0 Å². The van der Waals surface area contributed by atoms with Crippen molar-refractivity contribution < 1.29 is 0 Å². The molecule has 2 nitrogen and oxygen atoms in total. The molecule has 1 aliphatic carbocycles. The Balaban J connectivity index is 0.00000144. The number of nitrogens with two attached hydrogens (primary N) is 1. The van der Waals surface area contributed by atoms with Crippen LogP contribution in [0.5, 0.6) is 0 Å². The van der Waals surface area contributed by atoms with Crippen LogP contribution in [0.1, 0.15) is 10.4 Å². The number of hydrogen-bond donors (Lipinski definition) is 1. The minimum Gasteiger partial charge on any atom is -0.375 e. The highest BCUT2D eigenvalue weighted by Crippen LogP contribution is 2.42. The molecule has 112 valence electrons. The number of hydrogen-bond acceptors (Lipinski definition) is 3. The molecule has 3 aromatic rings. The molecule has 1 aromatic heterocycles. The van der Waals surface area contributed by atoms with Crippen LogP contribution < -0.4 is 5.73 Å². The highest BCUT2D eigenvalue weighted by Gasteiger charge is 2.23. The molecule has 0 atom stereocenters. The van der Waals surface area contributed by atoms with Gasteiger partial charge in [-0.05, 0) is 34.9 Å². The lowest BCUT2D eigenvalue weighted by molar-refractivity contribution is 1.31. The van der Waals surface area contributed by atoms with Gasteiger partial charge in [-0.2, -0.15) is 0 Å². The molecule has 1 heterocycles. The fraction of sp³-hybridized carbons (Fsp3) is 0.0625. The van der Waals surface area contributed by atoms with Gasteiger partial charge in [0.1, 0.15) is 0 Å². The third-order valence-corrected chi connectivity index (χ3v) is 4.94. The van der Waals surface area contributed by atoms with Gasteiger partial charge in [0.2, 0.25) is 0 Å². The maximum atomic E-state index is 6.08. The van der Waals surface area contributed by atoms with Gasteiger partial charge in [-0.3, -0.25) is 0 Å². The first-order valence-corrected chi connectivity index (χ1v) is 8.02. The highest BCUT2D eigenvalue weighted by atomic mass is 127. The van der Waals surface area contributed by atoms with Crippen molar-refractivity contribution in [2.24, 2.45) is 0 Å². The Hall–Kier alpha value is -0.820. The molecule has 0 aliphatic heterocycles. The van der Waals surface area contributed by atoms with Crippen molar-refractivity contribution in [1.82, 2.24) is 4.98 Å². The van der Waals surface area contributed by atoms with E-state index in [-0.39, 0.29) is 24.0 Å². The minimum atomic E-state index is 0. The number of thiazole rings is 1. The molecule has 4 rings (SSSR count). The maximum absolute atomic E-state index is 6.08. The van der Waals surface area contributed by atoms with Crippen LogP contribution >= 0.6 is 58.5 Å². The lowest BCUT2D eigenvalue weighted by Gasteiger charge is -2.07. The monoisotopic (exact) mass is 460 g/mol. The van der Waals surface area contributed by atoms with Gasteiger partial charge in [0.15, 0.2) is 5.13 Å². The Labute approximate surface area is 159 Å². The molecular weight excluding hydrogens is 450 g/mol. The number of benzene rings is 2. The average Bonchev–Trinajstić information content (AvgIpc) is 2.92. The Bertz CT molecular complexity index is 856. The minimum absolute atomic E-state index is 0. The zero-order chi connectivity index (χ0) is 14.6. The molecule has 0 spiro atoms. The van der Waals surface area contributed by atoms with Gasteiger partial charge in [-0.25, -0.2) is 4.98 Å². The van der Waals surface area contributed by atoms with Crippen LogP contribution in [0.4, 0.5) is 5.13 Å². The Kier molecular flexibility index (Phi) is 4.38. The third-order valence-electron chi connectivity index (χ3n) is 3.62. The second-order valence-electron chi connectivity index (χ2n) is 5.03. The highest BCUT2D eigenvalue weighted by molar-refractivity contribution is 14.0. The van der Waals surface area contributed by atoms with Crippen LogP contribution in [0.25, 0.3) is 22.4 Å². The first-order chi connectivity index (χ1) is 10.1. The predicted molar refractivity (Wildman–Crippen MR) is 106 cm³/mol. The lowest BCUT2D eigenvalue weighted by Crippen LogP contribution is -1.86. The molecule has 0 unspecified atom stereocenters. The molecular formula is C16H11Cl2IN2S. The molecule has 6 heteroatoms. The molecule has 0 amide bonds. The fourth-order valence-corrected chi connectivity index (χ4v) is 4.14. The molecule has 2 aromatic carbocycles. The fourth-order valence-electron chi connectivity index (χ4n) is 2.74. The van der Waals surface area contributed by atoms with Gasteiger partial charge >= 0.3 is 0 Å². The Morgan fingerprint density at radius 1 is 1.00 bits per heavy atom. The number of nitrogens with zero attached hydrogens (tertiary/aromatic N) is 1. The molecule has 1 aliphatic rings. The van der Waals surface area contributed by atoms with Crippen molar-refractivity contribution in [3.63, 3.8) is 0 Å². The van der Waals surface area contributed by atoms with Gasteiger partial charge in [0, 0.05) is 26.9 Å². The summed E-state index contributed by atoms with van der Waals surface area (Å²) in [6, 6.07) is 12.0. The zero-order valence-corrected chi connectivity index (χ0v) is 15.9. The van der Waals surface area contributed by atoms with Crippen molar-refractivity contribution >= 4 is 63.6 Å². The van der Waals surface area contributed by atoms with Crippen molar-refractivity contribution in [3.05, 3.63) is 56.9 Å². The smallest absolute Gasteiger partial charge is 0.180 e. The second-order valence-corrected chi connectivity index (χ2v) is 7.02. The normalized spacial score (nSPS) is 11.7. The van der Waals surface area contributed by atoms with E-state index in [1.165, 1.54) is 16.0 Å². The van der Waals surface area contributed by atoms with E-state index in [9.17, 15) is 0 Å². The van der Waals surface area contributed by atoms with E-state index >= 15 is 0 Å². The summed E-state index contributed by atoms with van der Waals surface area (Å²) in [4.78, 5) is 5.66. The van der Waals surface area contributed by atoms with Crippen molar-refractivity contribution in [1.29, 1.82) is 0 Å². The van der Waals surface area contributed by atoms with E-state index in [0.29, 0.717) is 15.2 Å². The second kappa shape index (κ2) is 6.00. The van der Waals surface area contributed by atoms with Crippen molar-refractivity contribution in [2.75, 3.05) is 5.73 Å². The number of aromatic nitrogens is 1. The Morgan fingerprint density at radius 3 is 2.45 bits per heavy atom. The maximum Gasteiger partial charge on any atom is 0.180 e. The summed E-state index contributed by atoms with van der Waals surface area (Å²) >= 11 is 13.7. The largest absolute Gasteiger partial charge is 0.375 e. The van der Waals surface area contributed by atoms with Crippen LogP contribution in [0.3, 0.4) is 0 Å². The molecule has 0 fully saturated rings. The van der Waals surface area contributed by atoms with Crippen LogP contribution in [-0.4, -0.2) is 4.98 Å². The first-order valence-electron chi connectivity index (χ1n) is 6.45. The quantitative estimate of drug-likeness (QED) is 0.360. The molecule has 0 saturated heterocycles. The van der Waals surface area contributed by atoms with Gasteiger partial charge in [0.25, 0.3) is 0 Å². The van der Waals surface area contributed by atoms with E-state index in [0.717, 1.165) is 23.2 Å². The summed E-state index contributed by atoms with van der Waals surface area (Å²) in [5.74, 6) is 0. The summed E-state index contributed by atoms with van der Waals surface area (Å²) < 4.78 is 0. The summed E-state index contributed by atoms with van der Waals surface area (Å²) in [7, 11) is 0. The molecule has 2 N–H and O–H groups in total. The van der Waals surface area contributed by atoms with Crippen LogP contribution in [0.15, 0.2) is 36.4 Å². The molecule has 22 heavy (non-hydrogen) atoms. The van der Waals surface area contributed by atoms with Crippen LogP contribution in [0, 0.1) is 0 Å². The Morgan fingerprint density at radius 2 is 1.73 bits per heavy atom. The summed E-state index contributed by atoms with van der Waals surface area (Å²) in [6.07, 6.45) is 0.891. The third kappa shape index (κ3) is 2.73. The van der Waals surface area contributed by atoms with Crippen LogP contribution in [-0.2, 0) is 6.42 Å². The molecule has 0 saturated carbocycles.